The number of nitrogens with one attached hydrogen (secondary N) is 1. The molecule has 0 aliphatic heterocycles. The van der Waals surface area contributed by atoms with Gasteiger partial charge in [0.2, 0.25) is 0 Å². The van der Waals surface area contributed by atoms with E-state index in [2.05, 4.69) is 17.4 Å². The Morgan fingerprint density at radius 3 is 2.14 bits per heavy atom. The summed E-state index contributed by atoms with van der Waals surface area (Å²) < 4.78 is 0. The van der Waals surface area contributed by atoms with Gasteiger partial charge in [-0.25, -0.2) is 0 Å². The number of rotatable bonds is 6. The smallest absolute Gasteiger partial charge is 0.254 e. The second-order valence-corrected chi connectivity index (χ2v) is 6.76. The van der Waals surface area contributed by atoms with Crippen LogP contribution in [0.15, 0.2) is 78.9 Å². The third-order valence-electron chi connectivity index (χ3n) is 4.69. The second kappa shape index (κ2) is 9.00. The minimum atomic E-state index is -0.120. The lowest BCUT2D eigenvalue weighted by Crippen LogP contribution is -2.27. The number of nitrogens with zero attached hydrogens (tertiary/aromatic N) is 1. The van der Waals surface area contributed by atoms with Crippen molar-refractivity contribution in [3.8, 4) is 0 Å². The van der Waals surface area contributed by atoms with Crippen LogP contribution in [0.1, 0.15) is 37.4 Å². The molecule has 0 heterocycles. The molecule has 0 aromatic heterocycles. The van der Waals surface area contributed by atoms with Gasteiger partial charge >= 0.3 is 0 Å². The van der Waals surface area contributed by atoms with Crippen molar-refractivity contribution in [3.05, 3.63) is 107 Å². The molecule has 3 aromatic carbocycles. The summed E-state index contributed by atoms with van der Waals surface area (Å²) in [5, 5.41) is 2.60. The summed E-state index contributed by atoms with van der Waals surface area (Å²) in [6.45, 7) is 0.479. The molecule has 0 unspecified atom stereocenters. The molecular formula is C24H24N2O2. The largest absolute Gasteiger partial charge is 0.355 e. The average molecular weight is 372 g/mol. The number of amides is 2. The first kappa shape index (κ1) is 19.4. The third-order valence-corrected chi connectivity index (χ3v) is 4.69. The van der Waals surface area contributed by atoms with E-state index in [1.54, 1.807) is 31.1 Å². The van der Waals surface area contributed by atoms with E-state index in [1.165, 1.54) is 5.56 Å². The van der Waals surface area contributed by atoms with Crippen LogP contribution in [0.25, 0.3) is 0 Å². The molecule has 4 heteroatoms. The zero-order chi connectivity index (χ0) is 19.9. The SMILES string of the molecule is CNC(=O)c1ccc(CN(C)C(=O)c2ccccc2Cc2ccccc2)cc1. The quantitative estimate of drug-likeness (QED) is 0.713. The Morgan fingerprint density at radius 2 is 1.46 bits per heavy atom. The van der Waals surface area contributed by atoms with Crippen LogP contribution in [-0.2, 0) is 13.0 Å². The Balaban J connectivity index is 1.74. The molecule has 0 aliphatic rings. The van der Waals surface area contributed by atoms with Gasteiger partial charge in [0.15, 0.2) is 0 Å². The summed E-state index contributed by atoms with van der Waals surface area (Å²) in [6.07, 6.45) is 0.720. The third kappa shape index (κ3) is 4.65. The van der Waals surface area contributed by atoms with Crippen molar-refractivity contribution < 1.29 is 9.59 Å². The minimum Gasteiger partial charge on any atom is -0.355 e. The first-order chi connectivity index (χ1) is 13.6. The highest BCUT2D eigenvalue weighted by molar-refractivity contribution is 5.96. The van der Waals surface area contributed by atoms with Crippen molar-refractivity contribution in [1.82, 2.24) is 10.2 Å². The van der Waals surface area contributed by atoms with E-state index in [-0.39, 0.29) is 11.8 Å². The van der Waals surface area contributed by atoms with Gasteiger partial charge in [0, 0.05) is 31.8 Å². The van der Waals surface area contributed by atoms with Gasteiger partial charge in [-0.05, 0) is 41.3 Å². The summed E-state index contributed by atoms with van der Waals surface area (Å²) in [6, 6.07) is 25.2. The first-order valence-electron chi connectivity index (χ1n) is 9.27. The molecule has 0 radical (unpaired) electrons. The molecule has 0 saturated heterocycles. The lowest BCUT2D eigenvalue weighted by atomic mass is 9.99. The van der Waals surface area contributed by atoms with Crippen molar-refractivity contribution in [2.45, 2.75) is 13.0 Å². The number of carbonyl (C=O) groups excluding carboxylic acids is 2. The molecule has 2 amide bonds. The summed E-state index contributed by atoms with van der Waals surface area (Å²) in [7, 11) is 3.41. The molecule has 0 saturated carbocycles. The van der Waals surface area contributed by atoms with Crippen molar-refractivity contribution in [2.24, 2.45) is 0 Å². The molecule has 1 N–H and O–H groups in total. The molecule has 0 fully saturated rings. The van der Waals surface area contributed by atoms with Gasteiger partial charge in [-0.1, -0.05) is 60.7 Å². The first-order valence-corrected chi connectivity index (χ1v) is 9.27. The molecule has 0 atom stereocenters. The molecular weight excluding hydrogens is 348 g/mol. The Labute approximate surface area is 165 Å². The monoisotopic (exact) mass is 372 g/mol. The van der Waals surface area contributed by atoms with E-state index in [0.717, 1.165) is 23.1 Å². The van der Waals surface area contributed by atoms with Gasteiger partial charge in [-0.15, -0.1) is 0 Å². The lowest BCUT2D eigenvalue weighted by molar-refractivity contribution is 0.0783. The van der Waals surface area contributed by atoms with E-state index >= 15 is 0 Å². The normalized spacial score (nSPS) is 10.4. The van der Waals surface area contributed by atoms with Gasteiger partial charge in [0.1, 0.15) is 0 Å². The fraction of sp³-hybridized carbons (Fsp3) is 0.167. The van der Waals surface area contributed by atoms with Gasteiger partial charge < -0.3 is 10.2 Å². The maximum absolute atomic E-state index is 13.0. The van der Waals surface area contributed by atoms with E-state index < -0.39 is 0 Å². The van der Waals surface area contributed by atoms with Crippen LogP contribution in [0, 0.1) is 0 Å². The predicted molar refractivity (Wildman–Crippen MR) is 111 cm³/mol. The molecule has 142 valence electrons. The van der Waals surface area contributed by atoms with Crippen molar-refractivity contribution in [2.75, 3.05) is 14.1 Å². The summed E-state index contributed by atoms with van der Waals surface area (Å²) in [4.78, 5) is 26.4. The number of hydrogen-bond donors (Lipinski definition) is 1. The summed E-state index contributed by atoms with van der Waals surface area (Å²) in [5.41, 5.74) is 4.49. The Morgan fingerprint density at radius 1 is 0.821 bits per heavy atom. The fourth-order valence-corrected chi connectivity index (χ4v) is 3.16. The summed E-state index contributed by atoms with van der Waals surface area (Å²) in [5.74, 6) is -0.132. The van der Waals surface area contributed by atoms with Gasteiger partial charge in [-0.3, -0.25) is 9.59 Å². The van der Waals surface area contributed by atoms with Crippen LogP contribution >= 0.6 is 0 Å². The topological polar surface area (TPSA) is 49.4 Å². The number of carbonyl (C=O) groups is 2. The standard InChI is InChI=1S/C24H24N2O2/c1-25-23(27)20-14-12-19(13-15-20)17-26(2)24(28)22-11-7-6-10-21(22)16-18-8-4-3-5-9-18/h3-15H,16-17H2,1-2H3,(H,25,27). The minimum absolute atomic E-state index is 0.0121. The van der Waals surface area contributed by atoms with Gasteiger partial charge in [0.25, 0.3) is 11.8 Å². The van der Waals surface area contributed by atoms with Crippen LogP contribution in [-0.4, -0.2) is 30.8 Å². The average Bonchev–Trinajstić information content (AvgIpc) is 2.74. The van der Waals surface area contributed by atoms with Crippen LogP contribution in [0.3, 0.4) is 0 Å². The Kier molecular flexibility index (Phi) is 6.22. The number of hydrogen-bond acceptors (Lipinski definition) is 2. The molecule has 0 spiro atoms. The molecule has 3 aromatic rings. The van der Waals surface area contributed by atoms with Crippen LogP contribution in [0.4, 0.5) is 0 Å². The highest BCUT2D eigenvalue weighted by Gasteiger charge is 2.16. The zero-order valence-corrected chi connectivity index (χ0v) is 16.2. The Hall–Kier alpha value is -3.40. The van der Waals surface area contributed by atoms with E-state index in [9.17, 15) is 9.59 Å². The highest BCUT2D eigenvalue weighted by atomic mass is 16.2. The van der Waals surface area contributed by atoms with Crippen LogP contribution in [0.5, 0.6) is 0 Å². The van der Waals surface area contributed by atoms with Gasteiger partial charge in [0.05, 0.1) is 0 Å². The van der Waals surface area contributed by atoms with Gasteiger partial charge in [-0.2, -0.15) is 0 Å². The highest BCUT2D eigenvalue weighted by Crippen LogP contribution is 2.17. The van der Waals surface area contributed by atoms with E-state index in [4.69, 9.17) is 0 Å². The molecule has 3 rings (SSSR count). The predicted octanol–water partition coefficient (Wildman–Crippen LogP) is 3.91. The molecule has 0 bridgehead atoms. The molecule has 0 aliphatic carbocycles. The van der Waals surface area contributed by atoms with Crippen molar-refractivity contribution in [1.29, 1.82) is 0 Å². The van der Waals surface area contributed by atoms with Crippen LogP contribution < -0.4 is 5.32 Å². The van der Waals surface area contributed by atoms with Crippen molar-refractivity contribution >= 4 is 11.8 Å². The molecule has 28 heavy (non-hydrogen) atoms. The number of benzene rings is 3. The van der Waals surface area contributed by atoms with E-state index in [0.29, 0.717) is 12.1 Å². The molecule has 4 nitrogen and oxygen atoms in total. The van der Waals surface area contributed by atoms with Crippen molar-refractivity contribution in [3.63, 3.8) is 0 Å². The van der Waals surface area contributed by atoms with E-state index in [1.807, 2.05) is 54.6 Å². The summed E-state index contributed by atoms with van der Waals surface area (Å²) >= 11 is 0. The lowest BCUT2D eigenvalue weighted by Gasteiger charge is -2.19. The maximum atomic E-state index is 13.0. The maximum Gasteiger partial charge on any atom is 0.254 e. The Bertz CT molecular complexity index is 950. The fourth-order valence-electron chi connectivity index (χ4n) is 3.16. The second-order valence-electron chi connectivity index (χ2n) is 6.76. The van der Waals surface area contributed by atoms with Crippen LogP contribution in [0.2, 0.25) is 0 Å². The zero-order valence-electron chi connectivity index (χ0n) is 16.2.